The van der Waals surface area contributed by atoms with Gasteiger partial charge in [-0.1, -0.05) is 11.6 Å². The minimum Gasteiger partial charge on any atom is -0.336 e. The molecule has 0 bridgehead atoms. The predicted molar refractivity (Wildman–Crippen MR) is 88.2 cm³/mol. The molecule has 0 atom stereocenters. The van der Waals surface area contributed by atoms with Crippen LogP contribution in [0.15, 0.2) is 53.7 Å². The van der Waals surface area contributed by atoms with Gasteiger partial charge in [0.25, 0.3) is 0 Å². The van der Waals surface area contributed by atoms with Gasteiger partial charge in [0.15, 0.2) is 5.65 Å². The number of fused-ring (bicyclic) bond motifs is 1. The second kappa shape index (κ2) is 5.33. The van der Waals surface area contributed by atoms with Gasteiger partial charge in [0.1, 0.15) is 5.82 Å². The van der Waals surface area contributed by atoms with Crippen molar-refractivity contribution in [2.75, 3.05) is 0 Å². The summed E-state index contributed by atoms with van der Waals surface area (Å²) in [6.07, 6.45) is 4.92. The van der Waals surface area contributed by atoms with Crippen molar-refractivity contribution in [2.45, 2.75) is 0 Å². The lowest BCUT2D eigenvalue weighted by Gasteiger charge is -2.01. The molecule has 0 saturated heterocycles. The molecule has 0 amide bonds. The second-order valence-electron chi connectivity index (χ2n) is 4.98. The van der Waals surface area contributed by atoms with Gasteiger partial charge in [-0.05, 0) is 24.3 Å². The van der Waals surface area contributed by atoms with E-state index in [9.17, 15) is 4.79 Å². The van der Waals surface area contributed by atoms with E-state index in [1.807, 2.05) is 12.1 Å². The Bertz CT molecular complexity index is 1030. The molecule has 0 radical (unpaired) electrons. The highest BCUT2D eigenvalue weighted by molar-refractivity contribution is 6.31. The largest absolute Gasteiger partial charge is 0.336 e. The lowest BCUT2D eigenvalue weighted by atomic mass is 10.1. The Balaban J connectivity index is 1.71. The van der Waals surface area contributed by atoms with Crippen LogP contribution in [0.1, 0.15) is 0 Å². The van der Waals surface area contributed by atoms with Gasteiger partial charge in [-0.25, -0.2) is 9.97 Å². The van der Waals surface area contributed by atoms with Crippen molar-refractivity contribution in [1.29, 1.82) is 0 Å². The zero-order valence-corrected chi connectivity index (χ0v) is 12.5. The number of aromatic amines is 2. The molecular weight excluding hydrogens is 314 g/mol. The van der Waals surface area contributed by atoms with Crippen LogP contribution < -0.4 is 5.56 Å². The predicted octanol–water partition coefficient (Wildman–Crippen LogP) is 3.03. The Labute approximate surface area is 135 Å². The van der Waals surface area contributed by atoms with E-state index in [-0.39, 0.29) is 5.56 Å². The van der Waals surface area contributed by atoms with Gasteiger partial charge in [0.05, 0.1) is 16.2 Å². The number of rotatable bonds is 2. The summed E-state index contributed by atoms with van der Waals surface area (Å²) >= 11 is 5.93. The molecule has 0 saturated carbocycles. The average Bonchev–Trinajstić information content (AvgIpc) is 2.99. The minimum atomic E-state index is -0.140. The number of nitrogens with one attached hydrogen (secondary N) is 2. The normalized spacial score (nSPS) is 11.0. The number of nitrogens with zero attached hydrogens (tertiary/aromatic N) is 3. The van der Waals surface area contributed by atoms with Gasteiger partial charge in [-0.3, -0.25) is 9.78 Å². The third kappa shape index (κ3) is 2.60. The summed E-state index contributed by atoms with van der Waals surface area (Å²) in [5.41, 5.74) is 3.69. The van der Waals surface area contributed by atoms with Crippen LogP contribution in [-0.4, -0.2) is 24.9 Å². The molecule has 4 heterocycles. The summed E-state index contributed by atoms with van der Waals surface area (Å²) < 4.78 is 0. The standard InChI is InChI=1S/C16H10ClN5O/c17-11-5-13-16(20-8-11)22-15(21-13)10-1-3-12(18-7-10)9-2-4-14(23)19-6-9/h1-8H,(H,19,23)(H,20,21,22). The Hall–Kier alpha value is -2.99. The molecule has 4 aromatic rings. The van der Waals surface area contributed by atoms with Crippen LogP contribution in [-0.2, 0) is 0 Å². The molecule has 7 heteroatoms. The molecule has 2 N–H and O–H groups in total. The number of pyridine rings is 3. The summed E-state index contributed by atoms with van der Waals surface area (Å²) in [7, 11) is 0. The van der Waals surface area contributed by atoms with Gasteiger partial charge >= 0.3 is 0 Å². The summed E-state index contributed by atoms with van der Waals surface area (Å²) in [4.78, 5) is 29.9. The van der Waals surface area contributed by atoms with Crippen molar-refractivity contribution in [3.63, 3.8) is 0 Å². The molecule has 0 aliphatic heterocycles. The minimum absolute atomic E-state index is 0.140. The number of aromatic nitrogens is 5. The van der Waals surface area contributed by atoms with Crippen LogP contribution in [0.2, 0.25) is 5.02 Å². The van der Waals surface area contributed by atoms with E-state index in [0.717, 1.165) is 22.3 Å². The van der Waals surface area contributed by atoms with Crippen LogP contribution in [0, 0.1) is 0 Å². The fraction of sp³-hybridized carbons (Fsp3) is 0. The molecule has 0 fully saturated rings. The van der Waals surface area contributed by atoms with E-state index in [4.69, 9.17) is 11.6 Å². The first kappa shape index (κ1) is 13.7. The van der Waals surface area contributed by atoms with Crippen LogP contribution in [0.5, 0.6) is 0 Å². The van der Waals surface area contributed by atoms with E-state index in [1.165, 1.54) is 6.07 Å². The first-order chi connectivity index (χ1) is 11.2. The van der Waals surface area contributed by atoms with Crippen LogP contribution in [0.4, 0.5) is 0 Å². The van der Waals surface area contributed by atoms with Gasteiger partial charge in [0, 0.05) is 35.8 Å². The summed E-state index contributed by atoms with van der Waals surface area (Å²) in [5, 5.41) is 0.555. The number of hydrogen-bond acceptors (Lipinski definition) is 4. The van der Waals surface area contributed by atoms with Crippen molar-refractivity contribution in [2.24, 2.45) is 0 Å². The molecule has 0 unspecified atom stereocenters. The molecule has 4 aromatic heterocycles. The lowest BCUT2D eigenvalue weighted by Crippen LogP contribution is -2.01. The maximum atomic E-state index is 11.1. The molecule has 23 heavy (non-hydrogen) atoms. The van der Waals surface area contributed by atoms with Crippen molar-refractivity contribution in [3.05, 3.63) is 64.3 Å². The Morgan fingerprint density at radius 3 is 2.61 bits per heavy atom. The smallest absolute Gasteiger partial charge is 0.247 e. The summed E-state index contributed by atoms with van der Waals surface area (Å²) in [5.74, 6) is 0.676. The molecule has 6 nitrogen and oxygen atoms in total. The zero-order chi connectivity index (χ0) is 15.8. The second-order valence-corrected chi connectivity index (χ2v) is 5.42. The van der Waals surface area contributed by atoms with Crippen molar-refractivity contribution in [3.8, 4) is 22.6 Å². The number of imidazole rings is 1. The number of halogens is 1. The van der Waals surface area contributed by atoms with E-state index in [1.54, 1.807) is 30.7 Å². The highest BCUT2D eigenvalue weighted by atomic mass is 35.5. The molecule has 0 aromatic carbocycles. The highest BCUT2D eigenvalue weighted by Crippen LogP contribution is 2.22. The lowest BCUT2D eigenvalue weighted by molar-refractivity contribution is 1.22. The van der Waals surface area contributed by atoms with Crippen molar-refractivity contribution >= 4 is 22.8 Å². The Kier molecular flexibility index (Phi) is 3.17. The Morgan fingerprint density at radius 1 is 1.00 bits per heavy atom. The SMILES string of the molecule is O=c1ccc(-c2ccc(-c3nc4ncc(Cl)cc4[nH]3)cn2)c[nH]1. The maximum Gasteiger partial charge on any atom is 0.247 e. The maximum absolute atomic E-state index is 11.1. The van der Waals surface area contributed by atoms with Crippen LogP contribution >= 0.6 is 11.6 Å². The monoisotopic (exact) mass is 323 g/mol. The Morgan fingerprint density at radius 2 is 1.87 bits per heavy atom. The van der Waals surface area contributed by atoms with Gasteiger partial charge in [0.2, 0.25) is 5.56 Å². The van der Waals surface area contributed by atoms with E-state index < -0.39 is 0 Å². The van der Waals surface area contributed by atoms with E-state index >= 15 is 0 Å². The van der Waals surface area contributed by atoms with Crippen LogP contribution in [0.25, 0.3) is 33.8 Å². The quantitative estimate of drug-likeness (QED) is 0.593. The van der Waals surface area contributed by atoms with Crippen LogP contribution in [0.3, 0.4) is 0 Å². The van der Waals surface area contributed by atoms with Gasteiger partial charge in [-0.15, -0.1) is 0 Å². The molecule has 0 aliphatic rings. The van der Waals surface area contributed by atoms with E-state index in [2.05, 4.69) is 24.9 Å². The first-order valence-electron chi connectivity index (χ1n) is 6.86. The summed E-state index contributed by atoms with van der Waals surface area (Å²) in [6, 6.07) is 8.76. The molecule has 112 valence electrons. The van der Waals surface area contributed by atoms with Crippen molar-refractivity contribution in [1.82, 2.24) is 24.9 Å². The van der Waals surface area contributed by atoms with E-state index in [0.29, 0.717) is 16.5 Å². The fourth-order valence-electron chi connectivity index (χ4n) is 2.29. The molecule has 0 spiro atoms. The third-order valence-electron chi connectivity index (χ3n) is 3.42. The van der Waals surface area contributed by atoms with Gasteiger partial charge in [-0.2, -0.15) is 0 Å². The van der Waals surface area contributed by atoms with Gasteiger partial charge < -0.3 is 9.97 Å². The fourth-order valence-corrected chi connectivity index (χ4v) is 2.44. The first-order valence-corrected chi connectivity index (χ1v) is 7.24. The molecular formula is C16H10ClN5O. The summed E-state index contributed by atoms with van der Waals surface area (Å²) in [6.45, 7) is 0. The molecule has 0 aliphatic carbocycles. The number of hydrogen-bond donors (Lipinski definition) is 2. The zero-order valence-electron chi connectivity index (χ0n) is 11.7. The number of H-pyrrole nitrogens is 2. The third-order valence-corrected chi connectivity index (χ3v) is 3.63. The highest BCUT2D eigenvalue weighted by Gasteiger charge is 2.08. The van der Waals surface area contributed by atoms with Crippen molar-refractivity contribution < 1.29 is 0 Å². The molecule has 4 rings (SSSR count). The average molecular weight is 324 g/mol. The topological polar surface area (TPSA) is 87.3 Å².